The van der Waals surface area contributed by atoms with E-state index in [1.807, 2.05) is 12.1 Å². The number of hydrogen-bond donors (Lipinski definition) is 1. The third kappa shape index (κ3) is 6.31. The fourth-order valence-electron chi connectivity index (χ4n) is 0.839. The second kappa shape index (κ2) is 9.23. The molecule has 4 N–H and O–H groups in total. The van der Waals surface area contributed by atoms with Crippen molar-refractivity contribution >= 4 is 0 Å². The predicted octanol–water partition coefficient (Wildman–Crippen LogP) is 2.05. The van der Waals surface area contributed by atoms with Crippen LogP contribution in [0.25, 0.3) is 0 Å². The lowest BCUT2D eigenvalue weighted by Crippen LogP contribution is -1.97. The number of nitrogens with two attached hydrogens (primary N) is 1. The molecular weight excluding hydrogens is 162 g/mol. The van der Waals surface area contributed by atoms with Crippen molar-refractivity contribution in [3.8, 4) is 0 Å². The zero-order chi connectivity index (χ0) is 9.40. The van der Waals surface area contributed by atoms with Crippen LogP contribution in [0.3, 0.4) is 0 Å². The fraction of sp³-hybridized carbons (Fsp3) is 0.455. The molecule has 2 heteroatoms. The van der Waals surface area contributed by atoms with Gasteiger partial charge >= 0.3 is 0 Å². The molecule has 0 unspecified atom stereocenters. The van der Waals surface area contributed by atoms with Gasteiger partial charge in [0.2, 0.25) is 0 Å². The highest BCUT2D eigenvalue weighted by Crippen LogP contribution is 2.04. The molecule has 0 aromatic heterocycles. The van der Waals surface area contributed by atoms with Gasteiger partial charge in [-0.1, -0.05) is 44.5 Å². The summed E-state index contributed by atoms with van der Waals surface area (Å²) in [6, 6.07) is 8.15. The van der Waals surface area contributed by atoms with Gasteiger partial charge < -0.3 is 11.2 Å². The summed E-state index contributed by atoms with van der Waals surface area (Å²) in [6.07, 6.45) is 1.25. The van der Waals surface area contributed by atoms with Crippen molar-refractivity contribution in [2.45, 2.75) is 33.7 Å². The quantitative estimate of drug-likeness (QED) is 0.711. The van der Waals surface area contributed by atoms with Crippen molar-refractivity contribution in [3.05, 3.63) is 35.4 Å². The van der Waals surface area contributed by atoms with E-state index in [0.29, 0.717) is 6.54 Å². The van der Waals surface area contributed by atoms with E-state index >= 15 is 0 Å². The summed E-state index contributed by atoms with van der Waals surface area (Å²) < 4.78 is 0. The molecule has 0 aliphatic rings. The summed E-state index contributed by atoms with van der Waals surface area (Å²) in [4.78, 5) is 0. The first kappa shape index (κ1) is 14.7. The first-order chi connectivity index (χ1) is 5.76. The summed E-state index contributed by atoms with van der Waals surface area (Å²) in [7, 11) is 0. The fourth-order valence-corrected chi connectivity index (χ4v) is 0.839. The molecule has 1 aromatic carbocycles. The molecule has 13 heavy (non-hydrogen) atoms. The Balaban J connectivity index is 0. The van der Waals surface area contributed by atoms with Crippen LogP contribution in [-0.4, -0.2) is 5.48 Å². The Morgan fingerprint density at radius 2 is 1.62 bits per heavy atom. The zero-order valence-electron chi connectivity index (χ0n) is 8.80. The largest absolute Gasteiger partial charge is 0.412 e. The highest BCUT2D eigenvalue weighted by Gasteiger charge is 1.89. The van der Waals surface area contributed by atoms with Crippen LogP contribution in [0.4, 0.5) is 0 Å². The van der Waals surface area contributed by atoms with Crippen LogP contribution in [0.1, 0.15) is 31.4 Å². The van der Waals surface area contributed by atoms with Crippen molar-refractivity contribution in [1.82, 2.24) is 0 Å². The third-order valence-electron chi connectivity index (χ3n) is 1.48. The van der Waals surface area contributed by atoms with E-state index in [2.05, 4.69) is 32.9 Å². The Hall–Kier alpha value is -0.860. The normalized spacial score (nSPS) is 8.00. The molecule has 0 amide bonds. The molecule has 0 fully saturated rings. The Morgan fingerprint density at radius 3 is 1.92 bits per heavy atom. The smallest absolute Gasteiger partial charge is 0.0180 e. The summed E-state index contributed by atoms with van der Waals surface area (Å²) in [6.45, 7) is 6.97. The van der Waals surface area contributed by atoms with Crippen molar-refractivity contribution in [2.24, 2.45) is 5.73 Å². The highest BCUT2D eigenvalue weighted by atomic mass is 16.0. The van der Waals surface area contributed by atoms with Gasteiger partial charge in [0.15, 0.2) is 0 Å². The summed E-state index contributed by atoms with van der Waals surface area (Å²) in [5.74, 6) is 0. The monoisotopic (exact) mass is 183 g/mol. The van der Waals surface area contributed by atoms with Crippen LogP contribution in [0.15, 0.2) is 24.3 Å². The van der Waals surface area contributed by atoms with Crippen LogP contribution in [-0.2, 0) is 6.54 Å². The number of rotatable bonds is 1. The second-order valence-corrected chi connectivity index (χ2v) is 2.84. The molecule has 1 rings (SSSR count). The van der Waals surface area contributed by atoms with Crippen molar-refractivity contribution in [1.29, 1.82) is 0 Å². The summed E-state index contributed by atoms with van der Waals surface area (Å²) in [5, 5.41) is 0. The summed E-state index contributed by atoms with van der Waals surface area (Å²) in [5.41, 5.74) is 7.96. The molecule has 0 atom stereocenters. The Labute approximate surface area is 81.1 Å². The molecule has 1 aromatic rings. The van der Waals surface area contributed by atoms with Gasteiger partial charge in [-0.05, 0) is 18.1 Å². The first-order valence-electron chi connectivity index (χ1n) is 4.50. The lowest BCUT2D eigenvalue weighted by molar-refractivity contribution is 0.824. The molecule has 0 heterocycles. The van der Waals surface area contributed by atoms with E-state index in [-0.39, 0.29) is 5.48 Å². The second-order valence-electron chi connectivity index (χ2n) is 2.84. The van der Waals surface area contributed by atoms with Gasteiger partial charge in [-0.25, -0.2) is 0 Å². The van der Waals surface area contributed by atoms with E-state index in [9.17, 15) is 0 Å². The summed E-state index contributed by atoms with van der Waals surface area (Å²) >= 11 is 0. The zero-order valence-corrected chi connectivity index (χ0v) is 8.80. The van der Waals surface area contributed by atoms with Crippen LogP contribution in [0.2, 0.25) is 0 Å². The molecule has 0 aliphatic heterocycles. The van der Waals surface area contributed by atoms with E-state index in [1.54, 1.807) is 0 Å². The molecule has 0 bridgehead atoms. The lowest BCUT2D eigenvalue weighted by Gasteiger charge is -1.98. The molecule has 2 nitrogen and oxygen atoms in total. The Morgan fingerprint density at radius 1 is 1.15 bits per heavy atom. The van der Waals surface area contributed by atoms with E-state index in [4.69, 9.17) is 5.73 Å². The van der Waals surface area contributed by atoms with Gasteiger partial charge in [-0.2, -0.15) is 0 Å². The maximum Gasteiger partial charge on any atom is 0.0180 e. The molecule has 0 radical (unpaired) electrons. The van der Waals surface area contributed by atoms with E-state index in [0.717, 1.165) is 0 Å². The molecule has 76 valence electrons. The minimum absolute atomic E-state index is 0. The van der Waals surface area contributed by atoms with Gasteiger partial charge in [0.1, 0.15) is 0 Å². The van der Waals surface area contributed by atoms with Crippen molar-refractivity contribution in [2.75, 3.05) is 0 Å². The predicted molar refractivity (Wildman–Crippen MR) is 58.6 cm³/mol. The maximum absolute atomic E-state index is 5.45. The lowest BCUT2D eigenvalue weighted by atomic mass is 10.1. The minimum atomic E-state index is 0. The first-order valence-corrected chi connectivity index (χ1v) is 4.50. The highest BCUT2D eigenvalue weighted by molar-refractivity contribution is 5.24. The Kier molecular flexibility index (Phi) is 10.4. The molecule has 0 spiro atoms. The van der Waals surface area contributed by atoms with Crippen LogP contribution in [0.5, 0.6) is 0 Å². The van der Waals surface area contributed by atoms with Gasteiger partial charge in [-0.3, -0.25) is 0 Å². The van der Waals surface area contributed by atoms with Crippen LogP contribution < -0.4 is 5.73 Å². The average Bonchev–Trinajstić information content (AvgIpc) is 2.07. The van der Waals surface area contributed by atoms with Crippen molar-refractivity contribution < 1.29 is 5.48 Å². The number of aryl methyl sites for hydroxylation is 1. The van der Waals surface area contributed by atoms with Crippen LogP contribution in [0, 0.1) is 6.92 Å². The van der Waals surface area contributed by atoms with Gasteiger partial charge in [0.25, 0.3) is 0 Å². The van der Waals surface area contributed by atoms with Gasteiger partial charge in [0.05, 0.1) is 0 Å². The number of benzene rings is 1. The Bertz CT molecular complexity index is 211. The minimum Gasteiger partial charge on any atom is -0.412 e. The average molecular weight is 183 g/mol. The van der Waals surface area contributed by atoms with Gasteiger partial charge in [-0.15, -0.1) is 0 Å². The number of hydrogen-bond acceptors (Lipinski definition) is 1. The molecular formula is C11H21NO. The SMILES string of the molecule is CCC.Cc1ccccc1CN.O. The van der Waals surface area contributed by atoms with Crippen LogP contribution >= 0.6 is 0 Å². The third-order valence-corrected chi connectivity index (χ3v) is 1.48. The van der Waals surface area contributed by atoms with E-state index in [1.165, 1.54) is 17.5 Å². The van der Waals surface area contributed by atoms with Gasteiger partial charge in [0, 0.05) is 6.54 Å². The van der Waals surface area contributed by atoms with E-state index < -0.39 is 0 Å². The molecule has 0 saturated heterocycles. The standard InChI is InChI=1S/C8H11N.C3H8.H2O/c1-7-4-2-3-5-8(7)6-9;1-3-2;/h2-5H,6,9H2,1H3;3H2,1-2H3;1H2. The van der Waals surface area contributed by atoms with Crippen molar-refractivity contribution in [3.63, 3.8) is 0 Å². The maximum atomic E-state index is 5.45. The molecule has 0 saturated carbocycles. The molecule has 0 aliphatic carbocycles. The topological polar surface area (TPSA) is 57.5 Å².